The zero-order chi connectivity index (χ0) is 38.2. The first-order valence-electron chi connectivity index (χ1n) is 20.2. The van der Waals surface area contributed by atoms with Gasteiger partial charge in [0.2, 0.25) is 0 Å². The topological polar surface area (TPSA) is 0 Å². The van der Waals surface area contributed by atoms with E-state index in [1.807, 2.05) is 0 Å². The van der Waals surface area contributed by atoms with Gasteiger partial charge in [0.15, 0.2) is 0 Å². The molecule has 0 aliphatic rings. The predicted octanol–water partition coefficient (Wildman–Crippen LogP) is 16.4. The molecule has 0 aliphatic carbocycles. The van der Waals surface area contributed by atoms with Crippen LogP contribution in [0.1, 0.15) is 0 Å². The van der Waals surface area contributed by atoms with E-state index in [1.165, 1.54) is 120 Å². The minimum absolute atomic E-state index is 1.20. The van der Waals surface area contributed by atoms with Gasteiger partial charge in [-0.2, -0.15) is 0 Å². The van der Waals surface area contributed by atoms with Crippen LogP contribution in [0.2, 0.25) is 0 Å². The second kappa shape index (κ2) is 13.0. The van der Waals surface area contributed by atoms with Gasteiger partial charge in [-0.15, -0.1) is 0 Å². The maximum Gasteiger partial charge on any atom is -0.00206 e. The fourth-order valence-corrected chi connectivity index (χ4v) is 9.69. The molecule has 0 nitrogen and oxygen atoms in total. The van der Waals surface area contributed by atoms with Crippen LogP contribution in [-0.4, -0.2) is 0 Å². The molecule has 0 aromatic heterocycles. The van der Waals surface area contributed by atoms with Crippen molar-refractivity contribution in [1.29, 1.82) is 0 Å². The van der Waals surface area contributed by atoms with Gasteiger partial charge >= 0.3 is 0 Å². The Morgan fingerprint density at radius 3 is 1.38 bits per heavy atom. The molecule has 0 amide bonds. The molecule has 0 unspecified atom stereocenters. The number of hydrogen-bond donors (Lipinski definition) is 0. The average molecular weight is 733 g/mol. The van der Waals surface area contributed by atoms with E-state index in [4.69, 9.17) is 0 Å². The van der Waals surface area contributed by atoms with E-state index in [2.05, 4.69) is 218 Å². The van der Waals surface area contributed by atoms with Gasteiger partial charge in [0.05, 0.1) is 0 Å². The summed E-state index contributed by atoms with van der Waals surface area (Å²) in [7, 11) is 0. The van der Waals surface area contributed by atoms with Crippen molar-refractivity contribution in [2.45, 2.75) is 0 Å². The van der Waals surface area contributed by atoms with Crippen molar-refractivity contribution in [3.05, 3.63) is 218 Å². The molecular weight excluding hydrogens is 697 g/mol. The van der Waals surface area contributed by atoms with Crippen LogP contribution < -0.4 is 0 Å². The van der Waals surface area contributed by atoms with E-state index in [-0.39, 0.29) is 0 Å². The van der Waals surface area contributed by atoms with Gasteiger partial charge in [-0.25, -0.2) is 0 Å². The lowest BCUT2D eigenvalue weighted by Crippen LogP contribution is -1.93. The van der Waals surface area contributed by atoms with Gasteiger partial charge in [-0.05, 0) is 151 Å². The Hall–Kier alpha value is -7.54. The normalized spacial score (nSPS) is 11.8. The highest BCUT2D eigenvalue weighted by molar-refractivity contribution is 6.26. The third-order valence-corrected chi connectivity index (χ3v) is 12.3. The molecule has 0 heterocycles. The highest BCUT2D eigenvalue weighted by Gasteiger charge is 2.20. The van der Waals surface area contributed by atoms with Crippen LogP contribution in [0, 0.1) is 0 Å². The zero-order valence-corrected chi connectivity index (χ0v) is 31.8. The SMILES string of the molecule is c1ccc(-c2cccc(-c3cc(-c4c5ccccc5c(-c5ccc6ccccc6c5)c5ccccc45)cc(-c4ccc5ccc6cccc7ccc4c5c67)c3)c2)cc1. The number of hydrogen-bond acceptors (Lipinski definition) is 0. The van der Waals surface area contributed by atoms with Crippen LogP contribution >= 0.6 is 0 Å². The molecule has 12 rings (SSSR count). The molecule has 0 saturated carbocycles. The molecule has 0 aliphatic heterocycles. The summed E-state index contributed by atoms with van der Waals surface area (Å²) in [6, 6.07) is 81.1. The molecule has 12 aromatic carbocycles. The standard InChI is InChI=1S/C58H36/c1-2-12-37(13-3-1)43-18-11-19-44(32-43)46-34-47(49-30-28-41-26-25-39-16-10-17-40-29-31-54(49)58(41)55(39)40)36-48(35-46)57-52-22-8-6-20-50(52)56(51-21-7-9-23-53(51)57)45-27-24-38-14-4-5-15-42(38)33-45/h1-36H. The Balaban J connectivity index is 1.16. The lowest BCUT2D eigenvalue weighted by atomic mass is 9.83. The molecule has 0 bridgehead atoms. The monoisotopic (exact) mass is 732 g/mol. The molecule has 0 fully saturated rings. The fourth-order valence-electron chi connectivity index (χ4n) is 9.69. The third kappa shape index (κ3) is 5.16. The maximum absolute atomic E-state index is 2.45. The first kappa shape index (κ1) is 32.7. The number of rotatable bonds is 5. The van der Waals surface area contributed by atoms with Crippen LogP contribution in [0.15, 0.2) is 218 Å². The third-order valence-electron chi connectivity index (χ3n) is 12.3. The van der Waals surface area contributed by atoms with E-state index >= 15 is 0 Å². The minimum atomic E-state index is 1.20. The Kier molecular flexibility index (Phi) is 7.33. The fraction of sp³-hybridized carbons (Fsp3) is 0. The lowest BCUT2D eigenvalue weighted by Gasteiger charge is -2.20. The Morgan fingerprint density at radius 1 is 0.190 bits per heavy atom. The van der Waals surface area contributed by atoms with Gasteiger partial charge in [-0.3, -0.25) is 0 Å². The van der Waals surface area contributed by atoms with Crippen molar-refractivity contribution in [3.63, 3.8) is 0 Å². The number of fused-ring (bicyclic) bond motifs is 3. The molecule has 58 heavy (non-hydrogen) atoms. The summed E-state index contributed by atoms with van der Waals surface area (Å²) < 4.78 is 0. The van der Waals surface area contributed by atoms with E-state index in [0.717, 1.165) is 0 Å². The van der Waals surface area contributed by atoms with Crippen LogP contribution in [-0.2, 0) is 0 Å². The van der Waals surface area contributed by atoms with Gasteiger partial charge < -0.3 is 0 Å². The molecular formula is C58H36. The summed E-state index contributed by atoms with van der Waals surface area (Å²) >= 11 is 0. The Morgan fingerprint density at radius 2 is 0.655 bits per heavy atom. The minimum Gasteiger partial charge on any atom is -0.0622 e. The molecule has 0 radical (unpaired) electrons. The quantitative estimate of drug-likeness (QED) is 0.122. The van der Waals surface area contributed by atoms with Crippen molar-refractivity contribution >= 4 is 64.6 Å². The summed E-state index contributed by atoms with van der Waals surface area (Å²) in [5.74, 6) is 0. The summed E-state index contributed by atoms with van der Waals surface area (Å²) in [4.78, 5) is 0. The molecule has 268 valence electrons. The van der Waals surface area contributed by atoms with Gasteiger partial charge in [0, 0.05) is 0 Å². The summed E-state index contributed by atoms with van der Waals surface area (Å²) in [5, 5.41) is 15.3. The van der Waals surface area contributed by atoms with Crippen molar-refractivity contribution < 1.29 is 0 Å². The van der Waals surface area contributed by atoms with Gasteiger partial charge in [0.25, 0.3) is 0 Å². The second-order valence-corrected chi connectivity index (χ2v) is 15.6. The maximum atomic E-state index is 2.45. The van der Waals surface area contributed by atoms with Crippen LogP contribution in [0.4, 0.5) is 0 Å². The van der Waals surface area contributed by atoms with E-state index in [0.29, 0.717) is 0 Å². The lowest BCUT2D eigenvalue weighted by molar-refractivity contribution is 1.58. The smallest absolute Gasteiger partial charge is 0.00206 e. The zero-order valence-electron chi connectivity index (χ0n) is 31.8. The summed E-state index contributed by atoms with van der Waals surface area (Å²) in [6.07, 6.45) is 0. The predicted molar refractivity (Wildman–Crippen MR) is 250 cm³/mol. The Labute approximate surface area is 337 Å². The van der Waals surface area contributed by atoms with Crippen molar-refractivity contribution in [2.24, 2.45) is 0 Å². The van der Waals surface area contributed by atoms with Crippen LogP contribution in [0.25, 0.3) is 120 Å². The largest absolute Gasteiger partial charge is 0.0622 e. The van der Waals surface area contributed by atoms with Crippen molar-refractivity contribution in [2.75, 3.05) is 0 Å². The molecule has 0 saturated heterocycles. The molecule has 0 atom stereocenters. The van der Waals surface area contributed by atoms with Crippen molar-refractivity contribution in [3.8, 4) is 55.6 Å². The second-order valence-electron chi connectivity index (χ2n) is 15.6. The molecule has 0 N–H and O–H groups in total. The van der Waals surface area contributed by atoms with E-state index in [9.17, 15) is 0 Å². The molecule has 0 heteroatoms. The van der Waals surface area contributed by atoms with Gasteiger partial charge in [-0.1, -0.05) is 188 Å². The number of benzene rings is 12. The Bertz CT molecular complexity index is 3480. The first-order chi connectivity index (χ1) is 28.7. The summed E-state index contributed by atoms with van der Waals surface area (Å²) in [5.41, 5.74) is 12.3. The van der Waals surface area contributed by atoms with Crippen LogP contribution in [0.5, 0.6) is 0 Å². The molecule has 0 spiro atoms. The first-order valence-corrected chi connectivity index (χ1v) is 20.2. The van der Waals surface area contributed by atoms with E-state index < -0.39 is 0 Å². The average Bonchev–Trinajstić information content (AvgIpc) is 3.30. The van der Waals surface area contributed by atoms with Crippen molar-refractivity contribution in [1.82, 2.24) is 0 Å². The van der Waals surface area contributed by atoms with Crippen LogP contribution in [0.3, 0.4) is 0 Å². The summed E-state index contributed by atoms with van der Waals surface area (Å²) in [6.45, 7) is 0. The molecule has 12 aromatic rings. The highest BCUT2D eigenvalue weighted by Crippen LogP contribution is 2.47. The van der Waals surface area contributed by atoms with Gasteiger partial charge in [0.1, 0.15) is 0 Å². The highest BCUT2D eigenvalue weighted by atomic mass is 14.2. The van der Waals surface area contributed by atoms with E-state index in [1.54, 1.807) is 0 Å².